The molecule has 116 valence electrons. The van der Waals surface area contributed by atoms with Crippen molar-refractivity contribution >= 4 is 45.3 Å². The van der Waals surface area contributed by atoms with E-state index in [0.717, 1.165) is 22.4 Å². The number of nitrogens with zero attached hydrogens (tertiary/aromatic N) is 1. The van der Waals surface area contributed by atoms with Gasteiger partial charge in [-0.25, -0.2) is 4.99 Å². The number of methoxy groups -OCH3 is 1. The van der Waals surface area contributed by atoms with E-state index in [2.05, 4.69) is 4.99 Å². The summed E-state index contributed by atoms with van der Waals surface area (Å²) in [5.74, 6) is 0.778. The van der Waals surface area contributed by atoms with Crippen LogP contribution in [0.15, 0.2) is 57.9 Å². The third kappa shape index (κ3) is 3.44. The van der Waals surface area contributed by atoms with Gasteiger partial charge in [-0.2, -0.15) is 0 Å². The molecule has 0 N–H and O–H groups in total. The standard InChI is InChI=1S/C18H14ClNO2S/c1-11(23)16-10-12-9-13(19)3-8-17(12)22-18(16)20-14-4-6-15(21-2)7-5-14/h3-10H,1-2H3. The maximum atomic E-state index is 6.04. The minimum atomic E-state index is 0.484. The van der Waals surface area contributed by atoms with E-state index in [1.165, 1.54) is 0 Å². The topological polar surface area (TPSA) is 34.7 Å². The molecule has 0 saturated carbocycles. The van der Waals surface area contributed by atoms with Gasteiger partial charge >= 0.3 is 0 Å². The summed E-state index contributed by atoms with van der Waals surface area (Å²) in [5, 5.41) is 1.55. The van der Waals surface area contributed by atoms with Crippen LogP contribution in [0.4, 0.5) is 5.69 Å². The molecule has 3 rings (SSSR count). The zero-order valence-corrected chi connectivity index (χ0v) is 14.2. The van der Waals surface area contributed by atoms with Crippen LogP contribution in [0.5, 0.6) is 5.75 Å². The molecular formula is C18H14ClNO2S. The van der Waals surface area contributed by atoms with E-state index in [1.54, 1.807) is 13.2 Å². The van der Waals surface area contributed by atoms with Crippen molar-refractivity contribution in [3.05, 3.63) is 64.7 Å². The molecule has 0 bridgehead atoms. The predicted octanol–water partition coefficient (Wildman–Crippen LogP) is 5.07. The molecule has 3 nitrogen and oxygen atoms in total. The Morgan fingerprint density at radius 3 is 2.52 bits per heavy atom. The monoisotopic (exact) mass is 343 g/mol. The van der Waals surface area contributed by atoms with Crippen molar-refractivity contribution in [1.29, 1.82) is 0 Å². The quantitative estimate of drug-likeness (QED) is 0.492. The van der Waals surface area contributed by atoms with E-state index in [4.69, 9.17) is 33.0 Å². The van der Waals surface area contributed by atoms with Crippen LogP contribution in [0.2, 0.25) is 5.02 Å². The minimum Gasteiger partial charge on any atom is -0.497 e. The molecule has 0 radical (unpaired) electrons. The Balaban J connectivity index is 2.21. The largest absolute Gasteiger partial charge is 0.497 e. The summed E-state index contributed by atoms with van der Waals surface area (Å²) in [4.78, 5) is 5.28. The van der Waals surface area contributed by atoms with Crippen LogP contribution in [0.1, 0.15) is 12.5 Å². The number of thiocarbonyl (C=S) groups is 1. The van der Waals surface area contributed by atoms with Crippen molar-refractivity contribution in [3.63, 3.8) is 0 Å². The second-order valence-electron chi connectivity index (χ2n) is 5.01. The number of hydrogen-bond donors (Lipinski definition) is 0. The third-order valence-electron chi connectivity index (χ3n) is 3.39. The minimum absolute atomic E-state index is 0.484. The number of ether oxygens (including phenoxy) is 1. The lowest BCUT2D eigenvalue weighted by Crippen LogP contribution is -2.12. The average molecular weight is 344 g/mol. The molecule has 0 atom stereocenters. The molecule has 1 aromatic heterocycles. The maximum absolute atomic E-state index is 6.04. The Hall–Kier alpha value is -2.17. The van der Waals surface area contributed by atoms with Crippen molar-refractivity contribution in [2.75, 3.05) is 7.11 Å². The van der Waals surface area contributed by atoms with E-state index in [1.807, 2.05) is 49.4 Å². The molecule has 0 spiro atoms. The van der Waals surface area contributed by atoms with Crippen molar-refractivity contribution in [1.82, 2.24) is 0 Å². The van der Waals surface area contributed by atoms with E-state index >= 15 is 0 Å². The van der Waals surface area contributed by atoms with Gasteiger partial charge in [0.15, 0.2) is 0 Å². The Bertz CT molecular complexity index is 945. The van der Waals surface area contributed by atoms with Gasteiger partial charge in [0.2, 0.25) is 5.55 Å². The second kappa shape index (κ2) is 6.52. The first-order valence-corrected chi connectivity index (χ1v) is 7.78. The molecule has 0 fully saturated rings. The van der Waals surface area contributed by atoms with E-state index < -0.39 is 0 Å². The number of benzene rings is 2. The highest BCUT2D eigenvalue weighted by Gasteiger charge is 2.07. The van der Waals surface area contributed by atoms with Gasteiger partial charge in [-0.1, -0.05) is 23.8 Å². The molecule has 0 unspecified atom stereocenters. The van der Waals surface area contributed by atoms with Crippen LogP contribution in [0, 0.1) is 0 Å². The van der Waals surface area contributed by atoms with Gasteiger partial charge in [0, 0.05) is 15.3 Å². The summed E-state index contributed by atoms with van der Waals surface area (Å²) in [6, 6.07) is 14.8. The van der Waals surface area contributed by atoms with Crippen LogP contribution < -0.4 is 10.3 Å². The number of hydrogen-bond acceptors (Lipinski definition) is 4. The number of rotatable bonds is 3. The van der Waals surface area contributed by atoms with Crippen LogP contribution >= 0.6 is 23.8 Å². The second-order valence-corrected chi connectivity index (χ2v) is 6.06. The van der Waals surface area contributed by atoms with E-state index in [9.17, 15) is 0 Å². The van der Waals surface area contributed by atoms with Crippen molar-refractivity contribution in [3.8, 4) is 5.75 Å². The zero-order valence-electron chi connectivity index (χ0n) is 12.7. The smallest absolute Gasteiger partial charge is 0.228 e. The summed E-state index contributed by atoms with van der Waals surface area (Å²) in [5.41, 5.74) is 2.74. The summed E-state index contributed by atoms with van der Waals surface area (Å²) >= 11 is 11.4. The summed E-state index contributed by atoms with van der Waals surface area (Å²) < 4.78 is 11.1. The van der Waals surface area contributed by atoms with Crippen LogP contribution in [-0.4, -0.2) is 12.0 Å². The maximum Gasteiger partial charge on any atom is 0.228 e. The highest BCUT2D eigenvalue weighted by molar-refractivity contribution is 7.80. The molecule has 2 aromatic carbocycles. The highest BCUT2D eigenvalue weighted by Crippen LogP contribution is 2.21. The lowest BCUT2D eigenvalue weighted by atomic mass is 10.1. The molecule has 3 aromatic rings. The van der Waals surface area contributed by atoms with Crippen LogP contribution in [0.3, 0.4) is 0 Å². The SMILES string of the molecule is COc1ccc(N=c2oc3ccc(Cl)cc3cc2C(C)=S)cc1. The molecule has 5 heteroatoms. The van der Waals surface area contributed by atoms with Gasteiger partial charge in [0.05, 0.1) is 18.4 Å². The van der Waals surface area contributed by atoms with Gasteiger partial charge in [-0.15, -0.1) is 0 Å². The van der Waals surface area contributed by atoms with Gasteiger partial charge < -0.3 is 9.15 Å². The summed E-state index contributed by atoms with van der Waals surface area (Å²) in [7, 11) is 1.63. The lowest BCUT2D eigenvalue weighted by Gasteiger charge is -2.04. The molecule has 0 aliphatic rings. The van der Waals surface area contributed by atoms with Gasteiger partial charge in [0.1, 0.15) is 11.3 Å². The fourth-order valence-electron chi connectivity index (χ4n) is 2.21. The first-order chi connectivity index (χ1) is 11.1. The third-order valence-corrected chi connectivity index (χ3v) is 3.85. The molecule has 23 heavy (non-hydrogen) atoms. The van der Waals surface area contributed by atoms with Crippen LogP contribution in [0.25, 0.3) is 11.0 Å². The lowest BCUT2D eigenvalue weighted by molar-refractivity contribution is 0.415. The Kier molecular flexibility index (Phi) is 4.46. The van der Waals surface area contributed by atoms with E-state index in [0.29, 0.717) is 21.0 Å². The normalized spacial score (nSPS) is 11.7. The van der Waals surface area contributed by atoms with Gasteiger partial charge in [-0.05, 0) is 55.5 Å². The number of halogens is 1. The fraction of sp³-hybridized carbons (Fsp3) is 0.111. The van der Waals surface area contributed by atoms with Crippen molar-refractivity contribution in [2.45, 2.75) is 6.92 Å². The molecule has 1 heterocycles. The zero-order chi connectivity index (χ0) is 16.4. The highest BCUT2D eigenvalue weighted by atomic mass is 35.5. The first-order valence-electron chi connectivity index (χ1n) is 7.00. The molecule has 0 saturated heterocycles. The van der Waals surface area contributed by atoms with Crippen molar-refractivity contribution in [2.24, 2.45) is 4.99 Å². The van der Waals surface area contributed by atoms with Gasteiger partial charge in [-0.3, -0.25) is 0 Å². The van der Waals surface area contributed by atoms with Gasteiger partial charge in [0.25, 0.3) is 0 Å². The average Bonchev–Trinajstić information content (AvgIpc) is 2.55. The van der Waals surface area contributed by atoms with Crippen LogP contribution in [-0.2, 0) is 0 Å². The summed E-state index contributed by atoms with van der Waals surface area (Å²) in [6.45, 7) is 1.85. The van der Waals surface area contributed by atoms with E-state index in [-0.39, 0.29) is 0 Å². The molecule has 0 aliphatic carbocycles. The molecular weight excluding hydrogens is 330 g/mol. The number of fused-ring (bicyclic) bond motifs is 1. The molecule has 0 aliphatic heterocycles. The Labute approximate surface area is 144 Å². The Morgan fingerprint density at radius 1 is 1.13 bits per heavy atom. The molecule has 0 amide bonds. The Morgan fingerprint density at radius 2 is 1.87 bits per heavy atom. The predicted molar refractivity (Wildman–Crippen MR) is 96.8 cm³/mol. The summed E-state index contributed by atoms with van der Waals surface area (Å²) in [6.07, 6.45) is 0. The fourth-order valence-corrected chi connectivity index (χ4v) is 2.54. The van der Waals surface area contributed by atoms with Crippen molar-refractivity contribution < 1.29 is 9.15 Å². The first kappa shape index (κ1) is 15.7.